The van der Waals surface area contributed by atoms with Crippen molar-refractivity contribution in [3.8, 4) is 0 Å². The molecule has 0 aromatic heterocycles. The second kappa shape index (κ2) is 17.5. The molecule has 0 radical (unpaired) electrons. The van der Waals surface area contributed by atoms with Gasteiger partial charge < -0.3 is 10.2 Å². The monoisotopic (exact) mass is 440 g/mol. The van der Waals surface area contributed by atoms with Crippen LogP contribution >= 0.6 is 12.4 Å². The van der Waals surface area contributed by atoms with E-state index in [1.807, 2.05) is 13.8 Å². The van der Waals surface area contributed by atoms with Crippen molar-refractivity contribution in [2.24, 2.45) is 10.9 Å². The summed E-state index contributed by atoms with van der Waals surface area (Å²) in [6, 6.07) is 12.2. The molecule has 0 aliphatic carbocycles. The number of anilines is 2. The largest absolute Gasteiger partial charge is 0.324 e. The number of nitrogen functional groups attached to an aromatic ring is 1. The maximum atomic E-state index is 10.4. The summed E-state index contributed by atoms with van der Waals surface area (Å²) in [5.74, 6) is 5.05. The van der Waals surface area contributed by atoms with Crippen LogP contribution in [0.3, 0.4) is 0 Å². The number of carbonyl (C=O) groups is 1. The summed E-state index contributed by atoms with van der Waals surface area (Å²) in [5.41, 5.74) is 6.25. The molecule has 11 nitrogen and oxygen atoms in total. The smallest absolute Gasteiger partial charge is 0.271 e. The Morgan fingerprint density at radius 3 is 1.83 bits per heavy atom. The lowest BCUT2D eigenvalue weighted by molar-refractivity contribution is -0.385. The van der Waals surface area contributed by atoms with Crippen molar-refractivity contribution in [3.05, 3.63) is 68.8 Å². The number of nitrogens with zero attached hydrogens (tertiary/aromatic N) is 3. The van der Waals surface area contributed by atoms with Crippen molar-refractivity contribution in [3.63, 3.8) is 0 Å². The predicted octanol–water partition coefficient (Wildman–Crippen LogP) is 4.30. The number of non-ortho nitro benzene ring substituents is 2. The summed E-state index contributed by atoms with van der Waals surface area (Å²) in [4.78, 5) is 28.9. The average molecular weight is 441 g/mol. The van der Waals surface area contributed by atoms with Crippen molar-refractivity contribution >= 4 is 47.7 Å². The lowest BCUT2D eigenvalue weighted by atomic mass is 10.3. The van der Waals surface area contributed by atoms with E-state index in [1.54, 1.807) is 30.5 Å². The minimum atomic E-state index is -0.471. The zero-order valence-electron chi connectivity index (χ0n) is 16.6. The maximum absolute atomic E-state index is 10.4. The standard InChI is InChI=1S/C9H11N3O2.C6H7N3O2.C3H6O.ClH/c1-2-6-10-11-8-4-3-5-9(7-8)12(13)14;7-8-5-2-1-3-6(4-5)9(10)11;1-2-3-4;/h3-7,11H,2H2,1H3;1-4,8H,7H2;3H,2H2,1H3;1H/b10-6+;;;. The molecule has 0 saturated carbocycles. The Morgan fingerprint density at radius 1 is 0.967 bits per heavy atom. The lowest BCUT2D eigenvalue weighted by Crippen LogP contribution is -2.06. The molecule has 0 atom stereocenters. The normalized spacial score (nSPS) is 9.03. The number of nitro benzene ring substituents is 2. The van der Waals surface area contributed by atoms with E-state index in [4.69, 9.17) is 5.84 Å². The number of carbonyl (C=O) groups excluding carboxylic acids is 1. The Bertz CT molecular complexity index is 819. The van der Waals surface area contributed by atoms with E-state index in [1.165, 1.54) is 24.3 Å². The van der Waals surface area contributed by atoms with Crippen molar-refractivity contribution in [1.82, 2.24) is 0 Å². The molecule has 12 heteroatoms. The molecule has 0 spiro atoms. The molecule has 0 unspecified atom stereocenters. The molecular formula is C18H25ClN6O5. The molecule has 0 heterocycles. The molecule has 2 rings (SSSR count). The summed E-state index contributed by atoms with van der Waals surface area (Å²) in [7, 11) is 0. The van der Waals surface area contributed by atoms with E-state index in [9.17, 15) is 25.0 Å². The van der Waals surface area contributed by atoms with Gasteiger partial charge in [-0.25, -0.2) is 0 Å². The molecule has 0 saturated heterocycles. The van der Waals surface area contributed by atoms with Gasteiger partial charge in [-0.05, 0) is 18.6 Å². The highest BCUT2D eigenvalue weighted by Crippen LogP contribution is 2.17. The average Bonchev–Trinajstić information content (AvgIpc) is 2.74. The van der Waals surface area contributed by atoms with Crippen LogP contribution < -0.4 is 16.7 Å². The highest BCUT2D eigenvalue weighted by Gasteiger charge is 2.04. The van der Waals surface area contributed by atoms with Crippen molar-refractivity contribution in [2.45, 2.75) is 26.7 Å². The quantitative estimate of drug-likeness (QED) is 0.188. The number of rotatable bonds is 7. The fourth-order valence-corrected chi connectivity index (χ4v) is 1.61. The number of nitrogens with one attached hydrogen (secondary N) is 2. The Labute approximate surface area is 180 Å². The first-order valence-electron chi connectivity index (χ1n) is 8.56. The molecular weight excluding hydrogens is 416 g/mol. The van der Waals surface area contributed by atoms with Crippen LogP contribution in [0.25, 0.3) is 0 Å². The zero-order chi connectivity index (χ0) is 22.1. The van der Waals surface area contributed by atoms with Gasteiger partial charge >= 0.3 is 0 Å². The van der Waals surface area contributed by atoms with Crippen LogP contribution in [0.5, 0.6) is 0 Å². The number of hydrazone groups is 1. The van der Waals surface area contributed by atoms with Gasteiger partial charge in [0.05, 0.1) is 21.2 Å². The summed E-state index contributed by atoms with van der Waals surface area (Å²) in [6.07, 6.45) is 4.03. The van der Waals surface area contributed by atoms with E-state index >= 15 is 0 Å². The molecule has 0 amide bonds. The molecule has 4 N–H and O–H groups in total. The second-order valence-electron chi connectivity index (χ2n) is 5.17. The second-order valence-corrected chi connectivity index (χ2v) is 5.17. The lowest BCUT2D eigenvalue weighted by Gasteiger charge is -1.98. The van der Waals surface area contributed by atoms with Gasteiger partial charge in [0.25, 0.3) is 11.4 Å². The number of nitrogens with two attached hydrogens (primary N) is 1. The van der Waals surface area contributed by atoms with Crippen LogP contribution in [0.15, 0.2) is 53.6 Å². The number of hydrazine groups is 1. The van der Waals surface area contributed by atoms with Crippen LogP contribution in [0.2, 0.25) is 0 Å². The fourth-order valence-electron chi connectivity index (χ4n) is 1.61. The van der Waals surface area contributed by atoms with E-state index in [2.05, 4.69) is 16.0 Å². The number of halogens is 1. The van der Waals surface area contributed by atoms with Crippen LogP contribution in [-0.4, -0.2) is 22.3 Å². The van der Waals surface area contributed by atoms with Crippen LogP contribution in [-0.2, 0) is 4.79 Å². The molecule has 0 fully saturated rings. The Morgan fingerprint density at radius 2 is 1.43 bits per heavy atom. The fraction of sp³-hybridized carbons (Fsp3) is 0.222. The van der Waals surface area contributed by atoms with Crippen molar-refractivity contribution < 1.29 is 14.6 Å². The van der Waals surface area contributed by atoms with E-state index in [0.29, 0.717) is 17.8 Å². The topological polar surface area (TPSA) is 166 Å². The van der Waals surface area contributed by atoms with E-state index in [-0.39, 0.29) is 23.8 Å². The van der Waals surface area contributed by atoms with Gasteiger partial charge in [-0.1, -0.05) is 26.0 Å². The van der Waals surface area contributed by atoms with Crippen molar-refractivity contribution in [1.29, 1.82) is 0 Å². The summed E-state index contributed by atoms with van der Waals surface area (Å²) < 4.78 is 0. The molecule has 0 bridgehead atoms. The number of nitro groups is 2. The summed E-state index contributed by atoms with van der Waals surface area (Å²) >= 11 is 0. The van der Waals surface area contributed by atoms with Gasteiger partial charge in [0, 0.05) is 36.9 Å². The third kappa shape index (κ3) is 12.8. The third-order valence-corrected chi connectivity index (χ3v) is 2.91. The third-order valence-electron chi connectivity index (χ3n) is 2.91. The molecule has 0 aliphatic rings. The number of hydrogen-bond donors (Lipinski definition) is 3. The molecule has 2 aromatic carbocycles. The highest BCUT2D eigenvalue weighted by atomic mass is 35.5. The van der Waals surface area contributed by atoms with Gasteiger partial charge in [0.2, 0.25) is 0 Å². The minimum Gasteiger partial charge on any atom is -0.324 e. The van der Waals surface area contributed by atoms with Crippen molar-refractivity contribution in [2.75, 3.05) is 10.9 Å². The number of aldehydes is 1. The Hall–Kier alpha value is -3.57. The Kier molecular flexibility index (Phi) is 16.7. The van der Waals surface area contributed by atoms with E-state index in [0.717, 1.165) is 12.7 Å². The van der Waals surface area contributed by atoms with Gasteiger partial charge in [-0.15, -0.1) is 12.4 Å². The molecule has 2 aromatic rings. The molecule has 30 heavy (non-hydrogen) atoms. The van der Waals surface area contributed by atoms with Crippen LogP contribution in [0.4, 0.5) is 22.7 Å². The van der Waals surface area contributed by atoms with Crippen LogP contribution in [0, 0.1) is 20.2 Å². The summed E-state index contributed by atoms with van der Waals surface area (Å²) in [6.45, 7) is 3.77. The first-order chi connectivity index (χ1) is 13.9. The number of hydrogen-bond acceptors (Lipinski definition) is 9. The number of benzene rings is 2. The molecule has 164 valence electrons. The van der Waals surface area contributed by atoms with Gasteiger partial charge in [-0.2, -0.15) is 5.10 Å². The summed E-state index contributed by atoms with van der Waals surface area (Å²) in [5, 5.41) is 24.5. The highest BCUT2D eigenvalue weighted by molar-refractivity contribution is 5.85. The maximum Gasteiger partial charge on any atom is 0.271 e. The van der Waals surface area contributed by atoms with Gasteiger partial charge in [0.15, 0.2) is 0 Å². The Balaban J connectivity index is 0. The molecule has 0 aliphatic heterocycles. The van der Waals surface area contributed by atoms with Gasteiger partial charge in [0.1, 0.15) is 6.29 Å². The predicted molar refractivity (Wildman–Crippen MR) is 120 cm³/mol. The first kappa shape index (κ1) is 28.6. The van der Waals surface area contributed by atoms with Gasteiger partial charge in [-0.3, -0.25) is 31.5 Å². The van der Waals surface area contributed by atoms with E-state index < -0.39 is 9.85 Å². The first-order valence-corrected chi connectivity index (χ1v) is 8.56. The SMILES string of the molecule is CC/C=N/Nc1cccc([N+](=O)[O-])c1.CCC=O.Cl.NNc1cccc([N+](=O)[O-])c1. The zero-order valence-corrected chi connectivity index (χ0v) is 17.4. The van der Waals surface area contributed by atoms with Crippen LogP contribution in [0.1, 0.15) is 26.7 Å². The minimum absolute atomic E-state index is 0.